The molecule has 0 amide bonds. The van der Waals surface area contributed by atoms with Gasteiger partial charge in [0.2, 0.25) is 5.88 Å². The fourth-order valence-corrected chi connectivity index (χ4v) is 1.61. The van der Waals surface area contributed by atoms with Gasteiger partial charge >= 0.3 is 0 Å². The molecule has 0 aliphatic rings. The molecule has 1 N–H and O–H groups in total. The first-order valence-electron chi connectivity index (χ1n) is 5.68. The molecule has 1 aromatic carbocycles. The third-order valence-electron chi connectivity index (χ3n) is 2.50. The Hall–Kier alpha value is -2.47. The molecule has 98 valence electrons. The van der Waals surface area contributed by atoms with E-state index in [1.165, 1.54) is 18.3 Å². The van der Waals surface area contributed by atoms with Gasteiger partial charge < -0.3 is 9.84 Å². The van der Waals surface area contributed by atoms with Crippen molar-refractivity contribution in [3.05, 3.63) is 58.3 Å². The number of para-hydroxylation sites is 1. The van der Waals surface area contributed by atoms with Gasteiger partial charge in [-0.15, -0.1) is 0 Å². The molecule has 6 nitrogen and oxygen atoms in total. The van der Waals surface area contributed by atoms with Gasteiger partial charge in [-0.1, -0.05) is 18.2 Å². The minimum atomic E-state index is -0.506. The number of nitro groups is 1. The zero-order chi connectivity index (χ0) is 13.7. The van der Waals surface area contributed by atoms with Crippen LogP contribution in [0.4, 0.5) is 5.69 Å². The zero-order valence-electron chi connectivity index (χ0n) is 10.0. The lowest BCUT2D eigenvalue weighted by atomic mass is 10.1. The number of ether oxygens (including phenoxy) is 1. The number of nitrogens with zero attached hydrogens (tertiary/aromatic N) is 2. The van der Waals surface area contributed by atoms with Gasteiger partial charge in [-0.25, -0.2) is 4.98 Å². The lowest BCUT2D eigenvalue weighted by Crippen LogP contribution is -1.97. The molecule has 0 aliphatic heterocycles. The van der Waals surface area contributed by atoms with Crippen LogP contribution in [0.2, 0.25) is 0 Å². The molecule has 0 unspecified atom stereocenters. The van der Waals surface area contributed by atoms with Gasteiger partial charge in [-0.05, 0) is 18.1 Å². The molecule has 2 rings (SSSR count). The Morgan fingerprint density at radius 2 is 2.11 bits per heavy atom. The summed E-state index contributed by atoms with van der Waals surface area (Å²) in [5, 5.41) is 19.6. The van der Waals surface area contributed by atoms with Crippen LogP contribution in [0.3, 0.4) is 0 Å². The van der Waals surface area contributed by atoms with E-state index in [1.807, 2.05) is 12.1 Å². The van der Waals surface area contributed by atoms with Crippen LogP contribution in [0.25, 0.3) is 0 Å². The van der Waals surface area contributed by atoms with Crippen molar-refractivity contribution >= 4 is 5.69 Å². The number of aliphatic hydroxyl groups is 1. The summed E-state index contributed by atoms with van der Waals surface area (Å²) in [5.41, 5.74) is 0.739. The van der Waals surface area contributed by atoms with Crippen LogP contribution in [0.1, 0.15) is 5.56 Å². The smallest absolute Gasteiger partial charge is 0.276 e. The average Bonchev–Trinajstić information content (AvgIpc) is 2.41. The van der Waals surface area contributed by atoms with Gasteiger partial charge in [-0.3, -0.25) is 10.1 Å². The summed E-state index contributed by atoms with van der Waals surface area (Å²) < 4.78 is 5.53. The van der Waals surface area contributed by atoms with Crippen molar-refractivity contribution in [1.29, 1.82) is 0 Å². The van der Waals surface area contributed by atoms with Gasteiger partial charge in [0.1, 0.15) is 5.75 Å². The van der Waals surface area contributed by atoms with Crippen molar-refractivity contribution in [1.82, 2.24) is 4.98 Å². The van der Waals surface area contributed by atoms with Crippen LogP contribution >= 0.6 is 0 Å². The maximum atomic E-state index is 10.7. The van der Waals surface area contributed by atoms with E-state index in [1.54, 1.807) is 12.1 Å². The second kappa shape index (κ2) is 5.92. The average molecular weight is 260 g/mol. The van der Waals surface area contributed by atoms with E-state index in [0.29, 0.717) is 12.2 Å². The quantitative estimate of drug-likeness (QED) is 0.658. The van der Waals surface area contributed by atoms with Gasteiger partial charge in [0.05, 0.1) is 11.0 Å². The molecule has 1 aromatic heterocycles. The van der Waals surface area contributed by atoms with Crippen molar-refractivity contribution < 1.29 is 14.8 Å². The molecular weight excluding hydrogens is 248 g/mol. The third-order valence-corrected chi connectivity index (χ3v) is 2.50. The first-order valence-corrected chi connectivity index (χ1v) is 5.68. The lowest BCUT2D eigenvalue weighted by molar-refractivity contribution is -0.385. The first kappa shape index (κ1) is 13.0. The van der Waals surface area contributed by atoms with E-state index in [9.17, 15) is 10.1 Å². The molecular formula is C13H12N2O4. The van der Waals surface area contributed by atoms with Crippen molar-refractivity contribution in [2.75, 3.05) is 6.61 Å². The second-order valence-electron chi connectivity index (χ2n) is 3.79. The molecule has 6 heteroatoms. The van der Waals surface area contributed by atoms with Crippen molar-refractivity contribution in [3.63, 3.8) is 0 Å². The van der Waals surface area contributed by atoms with Crippen LogP contribution in [-0.4, -0.2) is 21.6 Å². The largest absolute Gasteiger partial charge is 0.438 e. The highest BCUT2D eigenvalue weighted by atomic mass is 16.6. The van der Waals surface area contributed by atoms with Gasteiger partial charge in [0, 0.05) is 18.9 Å². The van der Waals surface area contributed by atoms with E-state index in [2.05, 4.69) is 4.98 Å². The van der Waals surface area contributed by atoms with Crippen molar-refractivity contribution in [2.24, 2.45) is 0 Å². The van der Waals surface area contributed by atoms with Gasteiger partial charge in [0.25, 0.3) is 5.69 Å². The molecule has 0 fully saturated rings. The van der Waals surface area contributed by atoms with E-state index in [-0.39, 0.29) is 18.2 Å². The van der Waals surface area contributed by atoms with Crippen molar-refractivity contribution in [3.8, 4) is 11.6 Å². The number of rotatable bonds is 5. The highest BCUT2D eigenvalue weighted by Crippen LogP contribution is 2.26. The SMILES string of the molecule is O=[N+]([O-])c1ccnc(Oc2ccccc2CCO)c1. The predicted octanol–water partition coefficient (Wildman–Crippen LogP) is 2.32. The van der Waals surface area contributed by atoms with E-state index in [0.717, 1.165) is 5.56 Å². The fourth-order valence-electron chi connectivity index (χ4n) is 1.61. The van der Waals surface area contributed by atoms with Crippen LogP contribution in [-0.2, 0) is 6.42 Å². The molecule has 0 aliphatic carbocycles. The number of aliphatic hydroxyl groups excluding tert-OH is 1. The Labute approximate surface area is 109 Å². The number of aromatic nitrogens is 1. The summed E-state index contributed by atoms with van der Waals surface area (Å²) in [6, 6.07) is 9.73. The molecule has 0 saturated heterocycles. The molecule has 2 aromatic rings. The maximum absolute atomic E-state index is 10.7. The minimum Gasteiger partial charge on any atom is -0.438 e. The molecule has 0 saturated carbocycles. The molecule has 0 spiro atoms. The molecule has 0 atom stereocenters. The third kappa shape index (κ3) is 3.26. The highest BCUT2D eigenvalue weighted by Gasteiger charge is 2.10. The highest BCUT2D eigenvalue weighted by molar-refractivity contribution is 5.39. The van der Waals surface area contributed by atoms with Crippen LogP contribution < -0.4 is 4.74 Å². The fraction of sp³-hybridized carbons (Fsp3) is 0.154. The molecule has 0 radical (unpaired) electrons. The van der Waals surface area contributed by atoms with E-state index < -0.39 is 4.92 Å². The Kier molecular flexibility index (Phi) is 4.04. The first-order chi connectivity index (χ1) is 9.20. The van der Waals surface area contributed by atoms with E-state index >= 15 is 0 Å². The number of hydrogen-bond acceptors (Lipinski definition) is 5. The minimum absolute atomic E-state index is 0.00272. The number of hydrogen-bond donors (Lipinski definition) is 1. The second-order valence-corrected chi connectivity index (χ2v) is 3.79. The van der Waals surface area contributed by atoms with Crippen LogP contribution in [0.15, 0.2) is 42.6 Å². The molecule has 19 heavy (non-hydrogen) atoms. The summed E-state index contributed by atoms with van der Waals surface area (Å²) in [4.78, 5) is 14.1. The standard InChI is InChI=1S/C13H12N2O4/c16-8-6-10-3-1-2-4-12(10)19-13-9-11(15(17)18)5-7-14-13/h1-5,7,9,16H,6,8H2. The Morgan fingerprint density at radius 1 is 1.32 bits per heavy atom. The lowest BCUT2D eigenvalue weighted by Gasteiger charge is -2.09. The monoisotopic (exact) mass is 260 g/mol. The van der Waals surface area contributed by atoms with Crippen LogP contribution in [0.5, 0.6) is 11.6 Å². The summed E-state index contributed by atoms with van der Waals surface area (Å²) in [6.45, 7) is 0.00272. The summed E-state index contributed by atoms with van der Waals surface area (Å²) in [6.07, 6.45) is 1.77. The predicted molar refractivity (Wildman–Crippen MR) is 68.2 cm³/mol. The van der Waals surface area contributed by atoms with Crippen molar-refractivity contribution in [2.45, 2.75) is 6.42 Å². The normalized spacial score (nSPS) is 10.2. The molecule has 1 heterocycles. The molecule has 0 bridgehead atoms. The maximum Gasteiger partial charge on any atom is 0.276 e. The summed E-state index contributed by atoms with van der Waals surface area (Å²) >= 11 is 0. The summed E-state index contributed by atoms with van der Waals surface area (Å²) in [5.74, 6) is 0.684. The summed E-state index contributed by atoms with van der Waals surface area (Å²) in [7, 11) is 0. The Balaban J connectivity index is 2.26. The van der Waals surface area contributed by atoms with Crippen LogP contribution in [0, 0.1) is 10.1 Å². The Bertz CT molecular complexity index is 586. The number of benzene rings is 1. The Morgan fingerprint density at radius 3 is 2.84 bits per heavy atom. The van der Waals surface area contributed by atoms with E-state index in [4.69, 9.17) is 9.84 Å². The van der Waals surface area contributed by atoms with Gasteiger partial charge in [-0.2, -0.15) is 0 Å². The number of pyridine rings is 1. The van der Waals surface area contributed by atoms with Gasteiger partial charge in [0.15, 0.2) is 0 Å². The topological polar surface area (TPSA) is 85.5 Å². The zero-order valence-corrected chi connectivity index (χ0v) is 10.0.